The second-order valence-electron chi connectivity index (χ2n) is 5.14. The van der Waals surface area contributed by atoms with Crippen LogP contribution in [0.4, 0.5) is 0 Å². The van der Waals surface area contributed by atoms with Gasteiger partial charge in [0, 0.05) is 18.8 Å². The van der Waals surface area contributed by atoms with Gasteiger partial charge in [0.2, 0.25) is 5.78 Å². The molecule has 1 aromatic carbocycles. The number of pyridine rings is 1. The molecule has 0 atom stereocenters. The third-order valence-corrected chi connectivity index (χ3v) is 3.71. The fourth-order valence-corrected chi connectivity index (χ4v) is 2.56. The summed E-state index contributed by atoms with van der Waals surface area (Å²) in [6.07, 6.45) is 3.54. The van der Waals surface area contributed by atoms with Gasteiger partial charge in [-0.15, -0.1) is 0 Å². The number of carbonyl (C=O) groups is 2. The average Bonchev–Trinajstić information content (AvgIpc) is 2.59. The number of nitrogens with one attached hydrogen (secondary N) is 1. The van der Waals surface area contributed by atoms with Crippen molar-refractivity contribution in [2.45, 2.75) is 6.42 Å². The molecule has 0 saturated carbocycles. The molecule has 0 bridgehead atoms. The molecule has 23 heavy (non-hydrogen) atoms. The fourth-order valence-electron chi connectivity index (χ4n) is 2.56. The smallest absolute Gasteiger partial charge is 0.228 e. The van der Waals surface area contributed by atoms with Gasteiger partial charge < -0.3 is 10.1 Å². The number of hydrogen-bond acceptors (Lipinski definition) is 5. The summed E-state index contributed by atoms with van der Waals surface area (Å²) in [6.45, 7) is 0.521. The van der Waals surface area contributed by atoms with Gasteiger partial charge in [0.25, 0.3) is 0 Å². The number of benzene rings is 1. The second kappa shape index (κ2) is 6.44. The summed E-state index contributed by atoms with van der Waals surface area (Å²) >= 11 is 0. The second-order valence-corrected chi connectivity index (χ2v) is 5.14. The Morgan fingerprint density at radius 3 is 2.78 bits per heavy atom. The first-order chi connectivity index (χ1) is 11.2. The highest BCUT2D eigenvalue weighted by Crippen LogP contribution is 2.19. The van der Waals surface area contributed by atoms with E-state index in [1.165, 1.54) is 12.3 Å². The van der Waals surface area contributed by atoms with Crippen LogP contribution in [-0.2, 0) is 6.42 Å². The van der Waals surface area contributed by atoms with Gasteiger partial charge in [0.15, 0.2) is 5.78 Å². The van der Waals surface area contributed by atoms with Crippen molar-refractivity contribution in [1.29, 1.82) is 0 Å². The van der Waals surface area contributed by atoms with E-state index < -0.39 is 0 Å². The maximum atomic E-state index is 12.4. The Kier molecular flexibility index (Phi) is 4.19. The van der Waals surface area contributed by atoms with Crippen LogP contribution < -0.4 is 10.1 Å². The van der Waals surface area contributed by atoms with Crippen LogP contribution in [0.25, 0.3) is 0 Å². The predicted molar refractivity (Wildman–Crippen MR) is 85.7 cm³/mol. The number of methoxy groups -OCH3 is 1. The van der Waals surface area contributed by atoms with Crippen LogP contribution in [0, 0.1) is 0 Å². The summed E-state index contributed by atoms with van der Waals surface area (Å²) in [7, 11) is 1.63. The highest BCUT2D eigenvalue weighted by atomic mass is 16.5. The summed E-state index contributed by atoms with van der Waals surface area (Å²) in [4.78, 5) is 28.4. The van der Waals surface area contributed by atoms with Crippen molar-refractivity contribution in [2.24, 2.45) is 0 Å². The average molecular weight is 308 g/mol. The molecule has 0 radical (unpaired) electrons. The predicted octanol–water partition coefficient (Wildman–Crippen LogP) is 2.19. The first-order valence-electron chi connectivity index (χ1n) is 7.32. The van der Waals surface area contributed by atoms with E-state index in [4.69, 9.17) is 4.74 Å². The van der Waals surface area contributed by atoms with Crippen molar-refractivity contribution >= 4 is 11.6 Å². The molecule has 1 N–H and O–H groups in total. The monoisotopic (exact) mass is 308 g/mol. The molecular formula is C18H16N2O3. The Morgan fingerprint density at radius 2 is 1.96 bits per heavy atom. The van der Waals surface area contributed by atoms with Gasteiger partial charge in [-0.1, -0.05) is 18.2 Å². The van der Waals surface area contributed by atoms with Gasteiger partial charge >= 0.3 is 0 Å². The van der Waals surface area contributed by atoms with E-state index in [2.05, 4.69) is 10.3 Å². The third kappa shape index (κ3) is 2.99. The lowest BCUT2D eigenvalue weighted by atomic mass is 9.97. The van der Waals surface area contributed by atoms with Gasteiger partial charge in [-0.25, -0.2) is 0 Å². The van der Waals surface area contributed by atoms with Crippen LogP contribution in [0.2, 0.25) is 0 Å². The Hall–Kier alpha value is -2.95. The van der Waals surface area contributed by atoms with Gasteiger partial charge in [-0.3, -0.25) is 14.6 Å². The number of ether oxygens (including phenoxy) is 1. The van der Waals surface area contributed by atoms with Crippen molar-refractivity contribution in [3.8, 4) is 5.75 Å². The lowest BCUT2D eigenvalue weighted by Crippen LogP contribution is -2.29. The zero-order chi connectivity index (χ0) is 16.2. The van der Waals surface area contributed by atoms with Crippen LogP contribution in [0.1, 0.15) is 26.4 Å². The molecule has 0 aliphatic heterocycles. The number of rotatable bonds is 5. The number of Topliss-reactive ketones (excluding diaryl/α,β-unsaturated/α-hetero) is 1. The summed E-state index contributed by atoms with van der Waals surface area (Å²) in [6, 6.07) is 11.0. The SMILES string of the molecule is COc1ccccc1CCNC1=CC(=O)c2cccnc2C1=O. The standard InChI is InChI=1S/C18H16N2O3/c1-23-16-7-3-2-5-12(16)8-10-19-14-11-15(21)13-6-4-9-20-17(13)18(14)22/h2-7,9,11,19H,8,10H2,1H3. The van der Waals surface area contributed by atoms with Crippen LogP contribution in [0.3, 0.4) is 0 Å². The van der Waals surface area contributed by atoms with Crippen LogP contribution in [-0.4, -0.2) is 30.2 Å². The van der Waals surface area contributed by atoms with Gasteiger partial charge in [0.05, 0.1) is 18.4 Å². The minimum absolute atomic E-state index is 0.201. The zero-order valence-corrected chi connectivity index (χ0v) is 12.7. The Bertz CT molecular complexity index is 796. The van der Waals surface area contributed by atoms with E-state index in [1.807, 2.05) is 24.3 Å². The van der Waals surface area contributed by atoms with Gasteiger partial charge in [-0.2, -0.15) is 0 Å². The first-order valence-corrected chi connectivity index (χ1v) is 7.32. The molecule has 3 rings (SSSR count). The lowest BCUT2D eigenvalue weighted by molar-refractivity contribution is 0.0974. The van der Waals surface area contributed by atoms with Crippen LogP contribution in [0.5, 0.6) is 5.75 Å². The Balaban J connectivity index is 1.70. The fraction of sp³-hybridized carbons (Fsp3) is 0.167. The highest BCUT2D eigenvalue weighted by molar-refractivity contribution is 6.23. The molecule has 1 aromatic heterocycles. The number of para-hydroxylation sites is 1. The van der Waals surface area contributed by atoms with Crippen LogP contribution >= 0.6 is 0 Å². The molecule has 0 unspecified atom stereocenters. The molecule has 5 heteroatoms. The molecule has 1 aliphatic carbocycles. The maximum Gasteiger partial charge on any atom is 0.228 e. The summed E-state index contributed by atoms with van der Waals surface area (Å²) < 4.78 is 5.30. The molecular weight excluding hydrogens is 292 g/mol. The Morgan fingerprint density at radius 1 is 1.13 bits per heavy atom. The largest absolute Gasteiger partial charge is 0.496 e. The number of aromatic nitrogens is 1. The Labute approximate surface area is 134 Å². The highest BCUT2D eigenvalue weighted by Gasteiger charge is 2.26. The number of fused-ring (bicyclic) bond motifs is 1. The third-order valence-electron chi connectivity index (χ3n) is 3.71. The van der Waals surface area contributed by atoms with E-state index >= 15 is 0 Å². The lowest BCUT2D eigenvalue weighted by Gasteiger charge is -2.16. The molecule has 0 spiro atoms. The van der Waals surface area contributed by atoms with Crippen molar-refractivity contribution in [3.63, 3.8) is 0 Å². The molecule has 0 amide bonds. The van der Waals surface area contributed by atoms with E-state index in [1.54, 1.807) is 19.2 Å². The summed E-state index contributed by atoms with van der Waals surface area (Å²) in [5, 5.41) is 3.04. The minimum atomic E-state index is -0.250. The molecule has 0 saturated heterocycles. The number of nitrogens with zero attached hydrogens (tertiary/aromatic N) is 1. The molecule has 1 aliphatic rings. The number of hydrogen-bond donors (Lipinski definition) is 1. The number of allylic oxidation sites excluding steroid dienone is 2. The van der Waals surface area contributed by atoms with Crippen molar-refractivity contribution in [1.82, 2.24) is 10.3 Å². The van der Waals surface area contributed by atoms with Crippen molar-refractivity contribution in [2.75, 3.05) is 13.7 Å². The normalized spacial score (nSPS) is 13.3. The van der Waals surface area contributed by atoms with E-state index in [9.17, 15) is 9.59 Å². The van der Waals surface area contributed by atoms with Gasteiger partial charge in [0.1, 0.15) is 11.4 Å². The van der Waals surface area contributed by atoms with E-state index in [0.717, 1.165) is 11.3 Å². The van der Waals surface area contributed by atoms with Gasteiger partial charge in [-0.05, 0) is 30.2 Å². The topological polar surface area (TPSA) is 68.3 Å². The van der Waals surface area contributed by atoms with E-state index in [0.29, 0.717) is 18.5 Å². The van der Waals surface area contributed by atoms with E-state index in [-0.39, 0.29) is 23.0 Å². The first kappa shape index (κ1) is 15.0. The number of carbonyl (C=O) groups excluding carboxylic acids is 2. The zero-order valence-electron chi connectivity index (χ0n) is 12.7. The minimum Gasteiger partial charge on any atom is -0.496 e. The number of ketones is 2. The van der Waals surface area contributed by atoms with Crippen molar-refractivity contribution < 1.29 is 14.3 Å². The maximum absolute atomic E-state index is 12.4. The van der Waals surface area contributed by atoms with Crippen molar-refractivity contribution in [3.05, 3.63) is 71.2 Å². The molecule has 116 valence electrons. The molecule has 0 fully saturated rings. The summed E-state index contributed by atoms with van der Waals surface area (Å²) in [5.74, 6) is 0.356. The molecule has 1 heterocycles. The molecule has 2 aromatic rings. The summed E-state index contributed by atoms with van der Waals surface area (Å²) in [5.41, 5.74) is 1.89. The quantitative estimate of drug-likeness (QED) is 0.917. The molecule has 5 nitrogen and oxygen atoms in total. The van der Waals surface area contributed by atoms with Crippen LogP contribution in [0.15, 0.2) is 54.4 Å².